The van der Waals surface area contributed by atoms with Crippen molar-refractivity contribution in [2.24, 2.45) is 0 Å². The van der Waals surface area contributed by atoms with Gasteiger partial charge in [-0.05, 0) is 61.7 Å². The number of amides is 2. The molecule has 0 fully saturated rings. The van der Waals surface area contributed by atoms with Gasteiger partial charge in [-0.15, -0.1) is 0 Å². The Balaban J connectivity index is 1.74. The summed E-state index contributed by atoms with van der Waals surface area (Å²) >= 11 is 0. The van der Waals surface area contributed by atoms with Crippen molar-refractivity contribution in [1.82, 2.24) is 4.90 Å². The van der Waals surface area contributed by atoms with Crippen LogP contribution in [0.4, 0.5) is 5.69 Å². The fourth-order valence-electron chi connectivity index (χ4n) is 2.77. The number of carbonyl (C=O) groups excluding carboxylic acids is 2. The second kappa shape index (κ2) is 10.2. The minimum atomic E-state index is -3.24. The van der Waals surface area contributed by atoms with E-state index in [1.165, 1.54) is 17.0 Å². The fourth-order valence-corrected chi connectivity index (χ4v) is 3.40. The predicted octanol–water partition coefficient (Wildman–Crippen LogP) is 2.96. The lowest BCUT2D eigenvalue weighted by molar-refractivity contribution is -0.133. The van der Waals surface area contributed by atoms with Crippen molar-refractivity contribution < 1.29 is 22.7 Å². The maximum atomic E-state index is 12.2. The van der Waals surface area contributed by atoms with Gasteiger partial charge in [0.05, 0.1) is 18.0 Å². The SMILES string of the molecule is Cc1cccc(NC(=O)CN(C)C(=O)CCCOc2ccc(S(C)(=O)=O)cc2)c1C. The molecule has 0 heterocycles. The molecule has 0 atom stereocenters. The van der Waals surface area contributed by atoms with Gasteiger partial charge in [-0.25, -0.2) is 8.42 Å². The van der Waals surface area contributed by atoms with Gasteiger partial charge in [-0.1, -0.05) is 12.1 Å². The molecule has 0 spiro atoms. The van der Waals surface area contributed by atoms with Gasteiger partial charge in [0.1, 0.15) is 5.75 Å². The fraction of sp³-hybridized carbons (Fsp3) is 0.364. The van der Waals surface area contributed by atoms with Gasteiger partial charge >= 0.3 is 0 Å². The highest BCUT2D eigenvalue weighted by atomic mass is 32.2. The van der Waals surface area contributed by atoms with Gasteiger partial charge in [0.2, 0.25) is 11.8 Å². The van der Waals surface area contributed by atoms with Crippen LogP contribution in [0.15, 0.2) is 47.4 Å². The number of hydrogen-bond acceptors (Lipinski definition) is 5. The van der Waals surface area contributed by atoms with Gasteiger partial charge in [0, 0.05) is 25.4 Å². The summed E-state index contributed by atoms with van der Waals surface area (Å²) in [5, 5.41) is 2.84. The number of likely N-dealkylation sites (N-methyl/N-ethyl adjacent to an activating group) is 1. The molecule has 2 aromatic rings. The Morgan fingerprint density at radius 3 is 2.37 bits per heavy atom. The zero-order chi connectivity index (χ0) is 22.3. The quantitative estimate of drug-likeness (QED) is 0.615. The van der Waals surface area contributed by atoms with E-state index in [1.807, 2.05) is 32.0 Å². The molecule has 0 saturated heterocycles. The molecular weight excluding hydrogens is 404 g/mol. The van der Waals surface area contributed by atoms with Crippen LogP contribution in [0.1, 0.15) is 24.0 Å². The Morgan fingerprint density at radius 2 is 1.73 bits per heavy atom. The van der Waals surface area contributed by atoms with E-state index in [0.29, 0.717) is 18.8 Å². The first-order valence-electron chi connectivity index (χ1n) is 9.61. The third kappa shape index (κ3) is 6.88. The number of carbonyl (C=O) groups is 2. The second-order valence-electron chi connectivity index (χ2n) is 7.24. The third-order valence-corrected chi connectivity index (χ3v) is 5.87. The van der Waals surface area contributed by atoms with E-state index in [0.717, 1.165) is 23.1 Å². The normalized spacial score (nSPS) is 11.1. The molecule has 0 bridgehead atoms. The van der Waals surface area contributed by atoms with Crippen molar-refractivity contribution in [3.8, 4) is 5.75 Å². The summed E-state index contributed by atoms with van der Waals surface area (Å²) in [5.41, 5.74) is 2.83. The molecule has 0 aliphatic carbocycles. The molecule has 2 aromatic carbocycles. The largest absolute Gasteiger partial charge is 0.494 e. The summed E-state index contributed by atoms with van der Waals surface area (Å²) in [6, 6.07) is 11.8. The van der Waals surface area contributed by atoms with Crippen LogP contribution in [-0.4, -0.2) is 51.6 Å². The van der Waals surface area contributed by atoms with Crippen LogP contribution in [0, 0.1) is 13.8 Å². The first-order chi connectivity index (χ1) is 14.1. The second-order valence-corrected chi connectivity index (χ2v) is 9.26. The van der Waals surface area contributed by atoms with E-state index < -0.39 is 9.84 Å². The van der Waals surface area contributed by atoms with Crippen LogP contribution in [0.2, 0.25) is 0 Å². The van der Waals surface area contributed by atoms with Crippen LogP contribution in [0.5, 0.6) is 5.75 Å². The number of ether oxygens (including phenoxy) is 1. The number of nitrogens with one attached hydrogen (secondary N) is 1. The molecular formula is C22H28N2O5S. The number of nitrogens with zero attached hydrogens (tertiary/aromatic N) is 1. The molecule has 7 nitrogen and oxygen atoms in total. The molecule has 0 unspecified atom stereocenters. The molecule has 30 heavy (non-hydrogen) atoms. The summed E-state index contributed by atoms with van der Waals surface area (Å²) < 4.78 is 28.4. The zero-order valence-corrected chi connectivity index (χ0v) is 18.6. The molecule has 0 saturated carbocycles. The molecule has 8 heteroatoms. The number of rotatable bonds is 9. The standard InChI is InChI=1S/C22H28N2O5S/c1-16-7-5-8-20(17(16)2)23-21(25)15-24(3)22(26)9-6-14-29-18-10-12-19(13-11-18)30(4,27)28/h5,7-8,10-13H,6,9,14-15H2,1-4H3,(H,23,25). The van der Waals surface area contributed by atoms with E-state index in [2.05, 4.69) is 5.32 Å². The molecule has 0 aliphatic rings. The van der Waals surface area contributed by atoms with Gasteiger partial charge in [-0.2, -0.15) is 0 Å². The molecule has 2 rings (SSSR count). The average Bonchev–Trinajstić information content (AvgIpc) is 2.68. The van der Waals surface area contributed by atoms with Gasteiger partial charge in [-0.3, -0.25) is 9.59 Å². The van der Waals surface area contributed by atoms with Crippen molar-refractivity contribution in [3.05, 3.63) is 53.6 Å². The monoisotopic (exact) mass is 432 g/mol. The van der Waals surface area contributed by atoms with E-state index in [9.17, 15) is 18.0 Å². The van der Waals surface area contributed by atoms with Crippen LogP contribution < -0.4 is 10.1 Å². The minimum Gasteiger partial charge on any atom is -0.494 e. The first kappa shape index (κ1) is 23.4. The smallest absolute Gasteiger partial charge is 0.243 e. The summed E-state index contributed by atoms with van der Waals surface area (Å²) in [4.78, 5) is 26.1. The molecule has 0 aromatic heterocycles. The van der Waals surface area contributed by atoms with Crippen LogP contribution in [0.25, 0.3) is 0 Å². The third-order valence-electron chi connectivity index (χ3n) is 4.74. The Labute approximate surface area is 178 Å². The average molecular weight is 433 g/mol. The molecule has 0 aliphatic heterocycles. The van der Waals surface area contributed by atoms with E-state index in [1.54, 1.807) is 19.2 Å². The molecule has 1 N–H and O–H groups in total. The van der Waals surface area contributed by atoms with Crippen molar-refractivity contribution >= 4 is 27.3 Å². The minimum absolute atomic E-state index is 0.0278. The van der Waals surface area contributed by atoms with Crippen LogP contribution >= 0.6 is 0 Å². The Morgan fingerprint density at radius 1 is 1.07 bits per heavy atom. The number of benzene rings is 2. The Bertz CT molecular complexity index is 1000. The van der Waals surface area contributed by atoms with Crippen LogP contribution in [-0.2, 0) is 19.4 Å². The number of anilines is 1. The van der Waals surface area contributed by atoms with E-state index in [-0.39, 0.29) is 29.7 Å². The maximum Gasteiger partial charge on any atom is 0.243 e. The highest BCUT2D eigenvalue weighted by Gasteiger charge is 2.14. The maximum absolute atomic E-state index is 12.2. The summed E-state index contributed by atoms with van der Waals surface area (Å²) in [6.07, 6.45) is 1.87. The topological polar surface area (TPSA) is 92.8 Å². The highest BCUT2D eigenvalue weighted by molar-refractivity contribution is 7.90. The first-order valence-corrected chi connectivity index (χ1v) is 11.5. The van der Waals surface area contributed by atoms with Crippen LogP contribution in [0.3, 0.4) is 0 Å². The summed E-state index contributed by atoms with van der Waals surface area (Å²) in [6.45, 7) is 4.20. The number of hydrogen-bond donors (Lipinski definition) is 1. The number of sulfone groups is 1. The molecule has 0 radical (unpaired) electrons. The molecule has 2 amide bonds. The van der Waals surface area contributed by atoms with Gasteiger partial charge in [0.25, 0.3) is 0 Å². The predicted molar refractivity (Wildman–Crippen MR) is 116 cm³/mol. The van der Waals surface area contributed by atoms with Crippen molar-refractivity contribution in [1.29, 1.82) is 0 Å². The van der Waals surface area contributed by atoms with Crippen molar-refractivity contribution in [3.63, 3.8) is 0 Å². The highest BCUT2D eigenvalue weighted by Crippen LogP contribution is 2.18. The van der Waals surface area contributed by atoms with Crippen molar-refractivity contribution in [2.75, 3.05) is 31.8 Å². The summed E-state index contributed by atoms with van der Waals surface area (Å²) in [5.74, 6) is 0.139. The Hall–Kier alpha value is -2.87. The lowest BCUT2D eigenvalue weighted by atomic mass is 10.1. The summed E-state index contributed by atoms with van der Waals surface area (Å²) in [7, 11) is -1.65. The van der Waals surface area contributed by atoms with Gasteiger partial charge < -0.3 is 15.0 Å². The van der Waals surface area contributed by atoms with Crippen molar-refractivity contribution in [2.45, 2.75) is 31.6 Å². The lowest BCUT2D eigenvalue weighted by Gasteiger charge is -2.18. The van der Waals surface area contributed by atoms with Gasteiger partial charge in [0.15, 0.2) is 9.84 Å². The van der Waals surface area contributed by atoms with E-state index in [4.69, 9.17) is 4.74 Å². The zero-order valence-electron chi connectivity index (χ0n) is 17.8. The number of aryl methyl sites for hydroxylation is 1. The van der Waals surface area contributed by atoms with E-state index >= 15 is 0 Å². The molecule has 162 valence electrons. The lowest BCUT2D eigenvalue weighted by Crippen LogP contribution is -2.35. The Kier molecular flexibility index (Phi) is 8.00.